The first-order valence-corrected chi connectivity index (χ1v) is 5.75. The van der Waals surface area contributed by atoms with Gasteiger partial charge in [0.15, 0.2) is 0 Å². The second kappa shape index (κ2) is 3.54. The fourth-order valence-electron chi connectivity index (χ4n) is 1.96. The van der Waals surface area contributed by atoms with Crippen LogP contribution in [0.15, 0.2) is 29.2 Å². The SMILES string of the molecule is CCC1(O)c2ccccc2SC1C(N)=O. The quantitative estimate of drug-likeness (QED) is 0.793. The summed E-state index contributed by atoms with van der Waals surface area (Å²) in [6.45, 7) is 1.86. The minimum Gasteiger partial charge on any atom is -0.383 e. The standard InChI is InChI=1S/C11H13NO2S/c1-2-11(14)7-5-3-4-6-8(7)15-9(11)10(12)13/h3-6,9,14H,2H2,1H3,(H2,12,13). The molecule has 80 valence electrons. The van der Waals surface area contributed by atoms with Crippen molar-refractivity contribution >= 4 is 17.7 Å². The van der Waals surface area contributed by atoms with Crippen molar-refractivity contribution in [3.8, 4) is 0 Å². The van der Waals surface area contributed by atoms with Crippen molar-refractivity contribution in [1.29, 1.82) is 0 Å². The number of aliphatic hydroxyl groups is 1. The molecule has 15 heavy (non-hydrogen) atoms. The number of carbonyl (C=O) groups excluding carboxylic acids is 1. The van der Waals surface area contributed by atoms with E-state index < -0.39 is 16.8 Å². The van der Waals surface area contributed by atoms with E-state index in [0.717, 1.165) is 10.5 Å². The monoisotopic (exact) mass is 223 g/mol. The highest BCUT2D eigenvalue weighted by molar-refractivity contribution is 8.01. The first kappa shape index (κ1) is 10.5. The van der Waals surface area contributed by atoms with Crippen molar-refractivity contribution in [3.05, 3.63) is 29.8 Å². The average Bonchev–Trinajstić information content (AvgIpc) is 2.54. The van der Waals surface area contributed by atoms with Crippen molar-refractivity contribution in [2.24, 2.45) is 5.73 Å². The summed E-state index contributed by atoms with van der Waals surface area (Å²) in [7, 11) is 0. The molecule has 2 unspecified atom stereocenters. The second-order valence-electron chi connectivity index (χ2n) is 3.67. The lowest BCUT2D eigenvalue weighted by Gasteiger charge is -2.26. The van der Waals surface area contributed by atoms with Crippen LogP contribution < -0.4 is 5.73 Å². The lowest BCUT2D eigenvalue weighted by atomic mass is 9.88. The topological polar surface area (TPSA) is 63.3 Å². The summed E-state index contributed by atoms with van der Waals surface area (Å²) in [6, 6.07) is 7.52. The van der Waals surface area contributed by atoms with Crippen LogP contribution >= 0.6 is 11.8 Å². The molecule has 3 nitrogen and oxygen atoms in total. The number of hydrogen-bond acceptors (Lipinski definition) is 3. The van der Waals surface area contributed by atoms with Crippen LogP contribution in [0.3, 0.4) is 0 Å². The number of hydrogen-bond donors (Lipinski definition) is 2. The summed E-state index contributed by atoms with van der Waals surface area (Å²) >= 11 is 1.35. The minimum atomic E-state index is -1.10. The van der Waals surface area contributed by atoms with Crippen molar-refractivity contribution in [2.75, 3.05) is 0 Å². The molecule has 1 amide bonds. The van der Waals surface area contributed by atoms with Gasteiger partial charge < -0.3 is 10.8 Å². The molecule has 1 aromatic carbocycles. The van der Waals surface area contributed by atoms with E-state index in [2.05, 4.69) is 0 Å². The van der Waals surface area contributed by atoms with Gasteiger partial charge >= 0.3 is 0 Å². The van der Waals surface area contributed by atoms with Gasteiger partial charge in [0.25, 0.3) is 0 Å². The highest BCUT2D eigenvalue weighted by Gasteiger charge is 2.47. The van der Waals surface area contributed by atoms with E-state index in [0.29, 0.717) is 6.42 Å². The molecular formula is C11H13NO2S. The maximum Gasteiger partial charge on any atom is 0.234 e. The van der Waals surface area contributed by atoms with Gasteiger partial charge in [-0.2, -0.15) is 0 Å². The largest absolute Gasteiger partial charge is 0.383 e. The Kier molecular flexibility index (Phi) is 2.48. The van der Waals surface area contributed by atoms with Crippen molar-refractivity contribution in [1.82, 2.24) is 0 Å². The molecule has 2 atom stereocenters. The number of amides is 1. The molecule has 4 heteroatoms. The van der Waals surface area contributed by atoms with E-state index in [9.17, 15) is 9.90 Å². The Morgan fingerprint density at radius 2 is 2.27 bits per heavy atom. The Labute approximate surface area is 92.7 Å². The van der Waals surface area contributed by atoms with Crippen molar-refractivity contribution in [3.63, 3.8) is 0 Å². The number of carbonyl (C=O) groups is 1. The van der Waals surface area contributed by atoms with Gasteiger partial charge in [-0.1, -0.05) is 25.1 Å². The molecular weight excluding hydrogens is 210 g/mol. The number of thioether (sulfide) groups is 1. The third kappa shape index (κ3) is 1.44. The molecule has 3 N–H and O–H groups in total. The fourth-order valence-corrected chi connectivity index (χ4v) is 3.35. The third-order valence-electron chi connectivity index (χ3n) is 2.83. The first-order valence-electron chi connectivity index (χ1n) is 4.87. The fraction of sp³-hybridized carbons (Fsp3) is 0.364. The van der Waals surface area contributed by atoms with Crippen LogP contribution in [-0.2, 0) is 10.4 Å². The molecule has 0 spiro atoms. The molecule has 0 saturated carbocycles. The van der Waals surface area contributed by atoms with E-state index >= 15 is 0 Å². The van der Waals surface area contributed by atoms with Gasteiger partial charge in [-0.15, -0.1) is 11.8 Å². The summed E-state index contributed by atoms with van der Waals surface area (Å²) in [5.41, 5.74) is 5.03. The predicted molar refractivity (Wildman–Crippen MR) is 59.5 cm³/mol. The maximum absolute atomic E-state index is 11.3. The third-order valence-corrected chi connectivity index (χ3v) is 4.30. The number of primary amides is 1. The van der Waals surface area contributed by atoms with E-state index in [1.54, 1.807) is 0 Å². The minimum absolute atomic E-state index is 0.458. The predicted octanol–water partition coefficient (Wildman–Crippen LogP) is 1.24. The zero-order valence-electron chi connectivity index (χ0n) is 8.43. The van der Waals surface area contributed by atoms with Gasteiger partial charge in [0, 0.05) is 4.90 Å². The molecule has 0 fully saturated rings. The zero-order chi connectivity index (χ0) is 11.1. The summed E-state index contributed by atoms with van der Waals surface area (Å²) in [5, 5.41) is 9.89. The maximum atomic E-state index is 11.3. The Hall–Kier alpha value is -1.00. The molecule has 0 radical (unpaired) electrons. The van der Waals surface area contributed by atoms with E-state index in [1.165, 1.54) is 11.8 Å². The van der Waals surface area contributed by atoms with Crippen LogP contribution in [-0.4, -0.2) is 16.3 Å². The highest BCUT2D eigenvalue weighted by Crippen LogP contribution is 2.49. The zero-order valence-corrected chi connectivity index (χ0v) is 9.25. The van der Waals surface area contributed by atoms with Gasteiger partial charge in [0.05, 0.1) is 0 Å². The van der Waals surface area contributed by atoms with Crippen LogP contribution in [0, 0.1) is 0 Å². The molecule has 0 bridgehead atoms. The Morgan fingerprint density at radius 1 is 1.60 bits per heavy atom. The van der Waals surface area contributed by atoms with E-state index in [-0.39, 0.29) is 0 Å². The van der Waals surface area contributed by atoms with Crippen LogP contribution in [0.4, 0.5) is 0 Å². The van der Waals surface area contributed by atoms with Gasteiger partial charge in [-0.05, 0) is 18.1 Å². The number of nitrogens with two attached hydrogens (primary N) is 1. The van der Waals surface area contributed by atoms with Crippen molar-refractivity contribution in [2.45, 2.75) is 29.1 Å². The van der Waals surface area contributed by atoms with Crippen molar-refractivity contribution < 1.29 is 9.90 Å². The summed E-state index contributed by atoms with van der Waals surface area (Å²) in [4.78, 5) is 12.2. The number of rotatable bonds is 2. The Bertz CT molecular complexity index is 407. The van der Waals surface area contributed by atoms with Crippen LogP contribution in [0.5, 0.6) is 0 Å². The summed E-state index contributed by atoms with van der Waals surface area (Å²) in [6.07, 6.45) is 0.491. The Morgan fingerprint density at radius 3 is 2.87 bits per heavy atom. The molecule has 2 rings (SSSR count). The number of benzene rings is 1. The van der Waals surface area contributed by atoms with Crippen LogP contribution in [0.25, 0.3) is 0 Å². The molecule has 0 aromatic heterocycles. The van der Waals surface area contributed by atoms with Gasteiger partial charge in [0.2, 0.25) is 5.91 Å². The van der Waals surface area contributed by atoms with E-state index in [1.807, 2.05) is 31.2 Å². The molecule has 0 aliphatic carbocycles. The molecule has 1 aliphatic rings. The average molecular weight is 223 g/mol. The molecule has 1 heterocycles. The Balaban J connectivity index is 2.52. The lowest BCUT2D eigenvalue weighted by Crippen LogP contribution is -2.42. The highest BCUT2D eigenvalue weighted by atomic mass is 32.2. The van der Waals surface area contributed by atoms with Gasteiger partial charge in [0.1, 0.15) is 10.9 Å². The molecule has 1 aliphatic heterocycles. The smallest absolute Gasteiger partial charge is 0.234 e. The lowest BCUT2D eigenvalue weighted by molar-refractivity contribution is -0.122. The van der Waals surface area contributed by atoms with Gasteiger partial charge in [-0.25, -0.2) is 0 Å². The first-order chi connectivity index (χ1) is 7.09. The molecule has 0 saturated heterocycles. The summed E-state index contributed by atoms with van der Waals surface area (Å²) < 4.78 is 0. The normalized spacial score (nSPS) is 28.8. The van der Waals surface area contributed by atoms with Crippen LogP contribution in [0.1, 0.15) is 18.9 Å². The number of fused-ring (bicyclic) bond motifs is 1. The second-order valence-corrected chi connectivity index (χ2v) is 4.82. The van der Waals surface area contributed by atoms with Gasteiger partial charge in [-0.3, -0.25) is 4.79 Å². The van der Waals surface area contributed by atoms with E-state index in [4.69, 9.17) is 5.73 Å². The molecule has 1 aromatic rings. The van der Waals surface area contributed by atoms with Crippen LogP contribution in [0.2, 0.25) is 0 Å². The summed E-state index contributed by atoms with van der Waals surface area (Å²) in [5.74, 6) is -0.458.